The summed E-state index contributed by atoms with van der Waals surface area (Å²) in [5, 5.41) is 15.8. The van der Waals surface area contributed by atoms with Crippen molar-refractivity contribution in [1.29, 1.82) is 0 Å². The molecule has 5 nitrogen and oxygen atoms in total. The zero-order valence-corrected chi connectivity index (χ0v) is 14.7. The van der Waals surface area contributed by atoms with Gasteiger partial charge in [-0.05, 0) is 47.9 Å². The molecule has 2 atom stereocenters. The number of carbonyl (C=O) groups is 1. The lowest BCUT2D eigenvalue weighted by Crippen LogP contribution is -2.43. The fraction of sp³-hybridized carbons (Fsp3) is 0.250. The van der Waals surface area contributed by atoms with E-state index < -0.39 is 29.6 Å². The van der Waals surface area contributed by atoms with Crippen molar-refractivity contribution in [3.8, 4) is 11.3 Å². The van der Waals surface area contributed by atoms with Crippen LogP contribution in [0.3, 0.4) is 0 Å². The summed E-state index contributed by atoms with van der Waals surface area (Å²) in [4.78, 5) is 14.7. The number of H-pyrrole nitrogens is 1. The summed E-state index contributed by atoms with van der Waals surface area (Å²) < 4.78 is 41.3. The van der Waals surface area contributed by atoms with E-state index in [9.17, 15) is 23.1 Å². The summed E-state index contributed by atoms with van der Waals surface area (Å²) >= 11 is 0. The van der Waals surface area contributed by atoms with Crippen LogP contribution in [0.4, 0.5) is 13.2 Å². The molecule has 2 heterocycles. The molecule has 1 aromatic heterocycles. The number of hydrogen-bond donors (Lipinski definition) is 4. The van der Waals surface area contributed by atoms with Gasteiger partial charge >= 0.3 is 0 Å². The lowest BCUT2D eigenvalue weighted by atomic mass is 10.0. The van der Waals surface area contributed by atoms with E-state index in [-0.39, 0.29) is 18.0 Å². The highest BCUT2D eigenvalue weighted by Crippen LogP contribution is 2.32. The maximum absolute atomic E-state index is 14.3. The van der Waals surface area contributed by atoms with Gasteiger partial charge in [-0.25, -0.2) is 13.2 Å². The van der Waals surface area contributed by atoms with Crippen molar-refractivity contribution in [3.63, 3.8) is 0 Å². The molecule has 4 rings (SSSR count). The van der Waals surface area contributed by atoms with Crippen LogP contribution in [-0.2, 0) is 11.2 Å². The highest BCUT2D eigenvalue weighted by Gasteiger charge is 2.32. The maximum atomic E-state index is 14.3. The molecule has 0 saturated carbocycles. The monoisotopic (exact) mass is 389 g/mol. The van der Waals surface area contributed by atoms with Crippen molar-refractivity contribution in [2.24, 2.45) is 0 Å². The van der Waals surface area contributed by atoms with E-state index in [1.165, 1.54) is 18.2 Å². The molecular weight excluding hydrogens is 371 g/mol. The molecule has 1 aliphatic heterocycles. The Morgan fingerprint density at radius 2 is 1.86 bits per heavy atom. The van der Waals surface area contributed by atoms with Gasteiger partial charge in [-0.2, -0.15) is 0 Å². The first-order chi connectivity index (χ1) is 13.4. The van der Waals surface area contributed by atoms with Crippen LogP contribution in [0.2, 0.25) is 0 Å². The number of nitrogens with one attached hydrogen (secondary N) is 3. The van der Waals surface area contributed by atoms with Gasteiger partial charge in [0.2, 0.25) is 5.91 Å². The number of aromatic nitrogens is 1. The van der Waals surface area contributed by atoms with Crippen LogP contribution in [0.15, 0.2) is 36.4 Å². The Bertz CT molecular complexity index is 1030. The second kappa shape index (κ2) is 7.29. The minimum absolute atomic E-state index is 0.161. The zero-order chi connectivity index (χ0) is 19.8. The van der Waals surface area contributed by atoms with Crippen LogP contribution in [0, 0.1) is 17.5 Å². The molecule has 1 aliphatic rings. The largest absolute Gasteiger partial charge is 0.389 e. The number of benzene rings is 2. The fourth-order valence-corrected chi connectivity index (χ4v) is 3.59. The molecule has 1 fully saturated rings. The second-order valence-corrected chi connectivity index (χ2v) is 6.79. The first-order valence-corrected chi connectivity index (χ1v) is 8.88. The summed E-state index contributed by atoms with van der Waals surface area (Å²) in [7, 11) is 0. The molecule has 0 spiro atoms. The highest BCUT2D eigenvalue weighted by atomic mass is 19.1. The Hall–Kier alpha value is -2.84. The van der Waals surface area contributed by atoms with Crippen LogP contribution in [0.25, 0.3) is 22.2 Å². The molecule has 8 heteroatoms. The lowest BCUT2D eigenvalue weighted by molar-refractivity contribution is -0.121. The number of rotatable bonds is 5. The Morgan fingerprint density at radius 3 is 2.54 bits per heavy atom. The van der Waals surface area contributed by atoms with Gasteiger partial charge in [0.15, 0.2) is 0 Å². The number of halogens is 3. The topological polar surface area (TPSA) is 77.2 Å². The SMILES string of the molecule is O=C1NC[C@@H](O)[C@@H]1NCCc1c(-c2ccc(F)cc2)[nH]c2c(F)cc(F)cc12. The molecule has 1 amide bonds. The zero-order valence-electron chi connectivity index (χ0n) is 14.7. The molecule has 28 heavy (non-hydrogen) atoms. The number of hydrogen-bond acceptors (Lipinski definition) is 3. The first-order valence-electron chi connectivity index (χ1n) is 8.88. The van der Waals surface area contributed by atoms with Gasteiger partial charge in [0.25, 0.3) is 0 Å². The first kappa shape index (κ1) is 18.5. The maximum Gasteiger partial charge on any atom is 0.239 e. The van der Waals surface area contributed by atoms with Crippen molar-refractivity contribution in [2.75, 3.05) is 13.1 Å². The lowest BCUT2D eigenvalue weighted by Gasteiger charge is -2.14. The molecule has 3 aromatic rings. The van der Waals surface area contributed by atoms with Gasteiger partial charge in [-0.3, -0.25) is 4.79 Å². The van der Waals surface area contributed by atoms with Crippen LogP contribution in [-0.4, -0.2) is 41.2 Å². The van der Waals surface area contributed by atoms with Crippen LogP contribution in [0.5, 0.6) is 0 Å². The third-order valence-corrected chi connectivity index (χ3v) is 4.96. The quantitative estimate of drug-likeness (QED) is 0.541. The average molecular weight is 389 g/mol. The Morgan fingerprint density at radius 1 is 1.11 bits per heavy atom. The van der Waals surface area contributed by atoms with Crippen molar-refractivity contribution in [2.45, 2.75) is 18.6 Å². The summed E-state index contributed by atoms with van der Waals surface area (Å²) in [6.45, 7) is 0.481. The minimum Gasteiger partial charge on any atom is -0.389 e. The summed E-state index contributed by atoms with van der Waals surface area (Å²) in [5.41, 5.74) is 1.98. The van der Waals surface area contributed by atoms with Gasteiger partial charge in [0, 0.05) is 30.2 Å². The van der Waals surface area contributed by atoms with Gasteiger partial charge in [0.05, 0.1) is 11.6 Å². The number of carbonyl (C=O) groups excluding carboxylic acids is 1. The van der Waals surface area contributed by atoms with E-state index in [1.54, 1.807) is 12.1 Å². The molecule has 0 bridgehead atoms. The minimum atomic E-state index is -0.832. The molecule has 0 unspecified atom stereocenters. The van der Waals surface area contributed by atoms with E-state index in [0.29, 0.717) is 35.2 Å². The number of aliphatic hydroxyl groups excluding tert-OH is 1. The third kappa shape index (κ3) is 3.36. The Labute approximate surface area is 158 Å². The molecule has 0 radical (unpaired) electrons. The number of aliphatic hydroxyl groups is 1. The smallest absolute Gasteiger partial charge is 0.239 e. The van der Waals surface area contributed by atoms with E-state index >= 15 is 0 Å². The third-order valence-electron chi connectivity index (χ3n) is 4.96. The van der Waals surface area contributed by atoms with Crippen molar-refractivity contribution in [1.82, 2.24) is 15.6 Å². The number of β-amino-alcohol motifs (C(OH)–C–C–N with tert-alkyl or cyclic N) is 1. The van der Waals surface area contributed by atoms with Crippen molar-refractivity contribution in [3.05, 3.63) is 59.4 Å². The molecule has 2 aromatic carbocycles. The standard InChI is InChI=1S/C20H18F3N3O2/c21-11-3-1-10(2-4-11)17-13(5-6-24-19-16(27)9-25-20(19)28)14-7-12(22)8-15(23)18(14)26-17/h1-4,7-8,16,19,24,26-27H,5-6,9H2,(H,25,28)/t16-,19+/m1/s1. The van der Waals surface area contributed by atoms with Gasteiger partial charge < -0.3 is 20.7 Å². The highest BCUT2D eigenvalue weighted by molar-refractivity contribution is 5.91. The molecular formula is C20H18F3N3O2. The van der Waals surface area contributed by atoms with Crippen LogP contribution < -0.4 is 10.6 Å². The van der Waals surface area contributed by atoms with Crippen molar-refractivity contribution >= 4 is 16.8 Å². The molecule has 146 valence electrons. The molecule has 4 N–H and O–H groups in total. The Balaban J connectivity index is 1.69. The molecule has 0 aliphatic carbocycles. The normalized spacial score (nSPS) is 19.4. The van der Waals surface area contributed by atoms with Gasteiger partial charge in [-0.1, -0.05) is 0 Å². The fourth-order valence-electron chi connectivity index (χ4n) is 3.59. The van der Waals surface area contributed by atoms with Crippen LogP contribution in [0.1, 0.15) is 5.56 Å². The number of fused-ring (bicyclic) bond motifs is 1. The van der Waals surface area contributed by atoms with E-state index in [4.69, 9.17) is 0 Å². The van der Waals surface area contributed by atoms with E-state index in [2.05, 4.69) is 15.6 Å². The van der Waals surface area contributed by atoms with Gasteiger partial charge in [-0.15, -0.1) is 0 Å². The summed E-state index contributed by atoms with van der Waals surface area (Å²) in [6.07, 6.45) is -0.492. The van der Waals surface area contributed by atoms with Gasteiger partial charge in [0.1, 0.15) is 23.5 Å². The van der Waals surface area contributed by atoms with Crippen molar-refractivity contribution < 1.29 is 23.1 Å². The second-order valence-electron chi connectivity index (χ2n) is 6.79. The average Bonchev–Trinajstić information content (AvgIpc) is 3.17. The summed E-state index contributed by atoms with van der Waals surface area (Å²) in [6, 6.07) is 7.01. The van der Waals surface area contributed by atoms with E-state index in [1.807, 2.05) is 0 Å². The number of aromatic amines is 1. The van der Waals surface area contributed by atoms with E-state index in [0.717, 1.165) is 6.07 Å². The molecule has 1 saturated heterocycles. The number of amides is 1. The predicted octanol–water partition coefficient (Wildman–Crippen LogP) is 2.24. The summed E-state index contributed by atoms with van der Waals surface area (Å²) in [5.74, 6) is -2.11. The van der Waals surface area contributed by atoms with Crippen LogP contribution >= 0.6 is 0 Å². The Kier molecular flexibility index (Phi) is 4.82. The predicted molar refractivity (Wildman–Crippen MR) is 98.1 cm³/mol.